The number of aliphatic hydroxyl groups is 1. The molecule has 112 valence electrons. The van der Waals surface area contributed by atoms with Gasteiger partial charge in [0.1, 0.15) is 0 Å². The summed E-state index contributed by atoms with van der Waals surface area (Å²) in [5.74, 6) is -0.312. The molecule has 0 amide bonds. The first kappa shape index (κ1) is 16.2. The summed E-state index contributed by atoms with van der Waals surface area (Å²) in [6.45, 7) is 1.98. The number of nitrogens with zero attached hydrogens (tertiary/aromatic N) is 1. The van der Waals surface area contributed by atoms with E-state index in [-0.39, 0.29) is 22.7 Å². The van der Waals surface area contributed by atoms with E-state index in [1.807, 2.05) is 6.92 Å². The molecule has 0 aliphatic carbocycles. The van der Waals surface area contributed by atoms with Crippen molar-refractivity contribution in [1.29, 1.82) is 0 Å². The van der Waals surface area contributed by atoms with Crippen molar-refractivity contribution < 1.29 is 19.9 Å². The highest BCUT2D eigenvalue weighted by molar-refractivity contribution is 5.54. The largest absolute Gasteiger partial charge is 0.504 e. The molecule has 0 unspecified atom stereocenters. The fourth-order valence-corrected chi connectivity index (χ4v) is 1.93. The Kier molecular flexibility index (Phi) is 5.72. The monoisotopic (exact) mass is 284 g/mol. The van der Waals surface area contributed by atoms with E-state index >= 15 is 0 Å². The van der Waals surface area contributed by atoms with Gasteiger partial charge in [-0.1, -0.05) is 19.8 Å². The highest BCUT2D eigenvalue weighted by Crippen LogP contribution is 2.38. The lowest BCUT2D eigenvalue weighted by Crippen LogP contribution is -2.26. The van der Waals surface area contributed by atoms with Crippen molar-refractivity contribution in [2.24, 2.45) is 5.73 Å². The van der Waals surface area contributed by atoms with Gasteiger partial charge in [0.25, 0.3) is 5.69 Å². The number of hydrogen-bond acceptors (Lipinski definition) is 6. The van der Waals surface area contributed by atoms with Crippen LogP contribution < -0.4 is 10.5 Å². The molecule has 20 heavy (non-hydrogen) atoms. The van der Waals surface area contributed by atoms with Crippen LogP contribution >= 0.6 is 0 Å². The second-order valence-electron chi connectivity index (χ2n) is 4.58. The van der Waals surface area contributed by atoms with Gasteiger partial charge in [-0.05, 0) is 6.42 Å². The standard InChI is InChI=1S/C13H20N2O5/c1-3-4-5-10(16)12(14)9-6-8(15(18)19)7-11(20-2)13(9)17/h6-7,10,12,16-17H,3-5,14H2,1-2H3/t10-,12+/m0/s1. The lowest BCUT2D eigenvalue weighted by molar-refractivity contribution is -0.385. The number of unbranched alkanes of at least 4 members (excludes halogenated alkanes) is 1. The highest BCUT2D eigenvalue weighted by Gasteiger charge is 2.25. The molecule has 0 saturated carbocycles. The predicted molar refractivity (Wildman–Crippen MR) is 73.8 cm³/mol. The Labute approximate surface area is 117 Å². The minimum atomic E-state index is -0.907. The molecule has 0 saturated heterocycles. The van der Waals surface area contributed by atoms with Crippen LogP contribution in [0, 0.1) is 10.1 Å². The second kappa shape index (κ2) is 7.06. The van der Waals surface area contributed by atoms with Crippen molar-refractivity contribution in [2.45, 2.75) is 38.3 Å². The summed E-state index contributed by atoms with van der Waals surface area (Å²) in [6.07, 6.45) is 1.25. The van der Waals surface area contributed by atoms with E-state index in [1.54, 1.807) is 0 Å². The molecule has 7 nitrogen and oxygen atoms in total. The number of phenols is 1. The molecule has 1 rings (SSSR count). The average molecular weight is 284 g/mol. The van der Waals surface area contributed by atoms with Gasteiger partial charge in [0, 0.05) is 11.6 Å². The van der Waals surface area contributed by atoms with Gasteiger partial charge in [0.2, 0.25) is 0 Å². The van der Waals surface area contributed by atoms with Crippen LogP contribution in [0.15, 0.2) is 12.1 Å². The quantitative estimate of drug-likeness (QED) is 0.519. The number of hydrogen-bond donors (Lipinski definition) is 3. The van der Waals surface area contributed by atoms with Gasteiger partial charge in [0.15, 0.2) is 11.5 Å². The van der Waals surface area contributed by atoms with Crippen LogP contribution in [0.25, 0.3) is 0 Å². The Morgan fingerprint density at radius 1 is 1.50 bits per heavy atom. The SMILES string of the molecule is CCCC[C@H](O)[C@H](N)c1cc([N+](=O)[O-])cc(OC)c1O. The summed E-state index contributed by atoms with van der Waals surface area (Å²) in [6, 6.07) is 1.37. The minimum Gasteiger partial charge on any atom is -0.504 e. The van der Waals surface area contributed by atoms with E-state index in [1.165, 1.54) is 7.11 Å². The van der Waals surface area contributed by atoms with E-state index < -0.39 is 17.1 Å². The van der Waals surface area contributed by atoms with Crippen LogP contribution in [0.5, 0.6) is 11.5 Å². The van der Waals surface area contributed by atoms with Gasteiger partial charge in [-0.15, -0.1) is 0 Å². The molecule has 0 aliphatic rings. The number of benzene rings is 1. The summed E-state index contributed by atoms with van der Waals surface area (Å²) in [5, 5.41) is 30.8. The third-order valence-electron chi connectivity index (χ3n) is 3.15. The summed E-state index contributed by atoms with van der Waals surface area (Å²) in [7, 11) is 1.29. The predicted octanol–water partition coefficient (Wildman–Crippen LogP) is 1.86. The molecule has 7 heteroatoms. The highest BCUT2D eigenvalue weighted by atomic mass is 16.6. The zero-order valence-corrected chi connectivity index (χ0v) is 11.6. The number of aromatic hydroxyl groups is 1. The van der Waals surface area contributed by atoms with Gasteiger partial charge in [-0.25, -0.2) is 0 Å². The minimum absolute atomic E-state index is 0.0349. The molecule has 0 aliphatic heterocycles. The Morgan fingerprint density at radius 3 is 2.65 bits per heavy atom. The van der Waals surface area contributed by atoms with E-state index in [0.29, 0.717) is 6.42 Å². The Morgan fingerprint density at radius 2 is 2.15 bits per heavy atom. The van der Waals surface area contributed by atoms with Crippen molar-refractivity contribution >= 4 is 5.69 Å². The van der Waals surface area contributed by atoms with Gasteiger partial charge < -0.3 is 20.7 Å². The smallest absolute Gasteiger partial charge is 0.273 e. The Balaban J connectivity index is 3.14. The average Bonchev–Trinajstić information content (AvgIpc) is 2.43. The summed E-state index contributed by atoms with van der Waals surface area (Å²) < 4.78 is 4.90. The molecule has 0 spiro atoms. The van der Waals surface area contributed by atoms with Crippen LogP contribution in [0.4, 0.5) is 5.69 Å². The first-order valence-corrected chi connectivity index (χ1v) is 6.41. The maximum Gasteiger partial charge on any atom is 0.273 e. The zero-order chi connectivity index (χ0) is 15.3. The lowest BCUT2D eigenvalue weighted by Gasteiger charge is -2.20. The molecule has 0 heterocycles. The van der Waals surface area contributed by atoms with Crippen molar-refractivity contribution in [3.63, 3.8) is 0 Å². The number of methoxy groups -OCH3 is 1. The van der Waals surface area contributed by atoms with Gasteiger partial charge in [-0.3, -0.25) is 10.1 Å². The van der Waals surface area contributed by atoms with Crippen LogP contribution in [0.3, 0.4) is 0 Å². The summed E-state index contributed by atoms with van der Waals surface area (Å²) >= 11 is 0. The van der Waals surface area contributed by atoms with Crippen LogP contribution in [-0.4, -0.2) is 28.4 Å². The second-order valence-corrected chi connectivity index (χ2v) is 4.58. The van der Waals surface area contributed by atoms with Crippen LogP contribution in [0.2, 0.25) is 0 Å². The molecule has 4 N–H and O–H groups in total. The topological polar surface area (TPSA) is 119 Å². The molecule has 1 aromatic rings. The number of nitro groups is 1. The molecule has 1 aromatic carbocycles. The molecular weight excluding hydrogens is 264 g/mol. The summed E-state index contributed by atoms with van der Waals surface area (Å²) in [5.41, 5.74) is 5.75. The number of rotatable bonds is 7. The third kappa shape index (κ3) is 3.58. The normalized spacial score (nSPS) is 13.8. The number of aliphatic hydroxyl groups excluding tert-OH is 1. The van der Waals surface area contributed by atoms with Crippen molar-refractivity contribution in [1.82, 2.24) is 0 Å². The molecular formula is C13H20N2O5. The first-order valence-electron chi connectivity index (χ1n) is 6.41. The van der Waals surface area contributed by atoms with Crippen molar-refractivity contribution in [2.75, 3.05) is 7.11 Å². The maximum atomic E-state index is 10.9. The number of nitro benzene ring substituents is 1. The van der Waals surface area contributed by atoms with Crippen LogP contribution in [0.1, 0.15) is 37.8 Å². The van der Waals surface area contributed by atoms with Crippen molar-refractivity contribution in [3.8, 4) is 11.5 Å². The van der Waals surface area contributed by atoms with Crippen LogP contribution in [-0.2, 0) is 0 Å². The Hall–Kier alpha value is -1.86. The molecule has 0 aromatic heterocycles. The fourth-order valence-electron chi connectivity index (χ4n) is 1.93. The zero-order valence-electron chi connectivity index (χ0n) is 11.6. The number of ether oxygens (including phenoxy) is 1. The number of nitrogens with two attached hydrogens (primary N) is 1. The van der Waals surface area contributed by atoms with E-state index in [2.05, 4.69) is 0 Å². The lowest BCUT2D eigenvalue weighted by atomic mass is 9.96. The first-order chi connectivity index (χ1) is 9.42. The van der Waals surface area contributed by atoms with E-state index in [4.69, 9.17) is 10.5 Å². The maximum absolute atomic E-state index is 10.9. The fraction of sp³-hybridized carbons (Fsp3) is 0.538. The Bertz CT molecular complexity index is 478. The van der Waals surface area contributed by atoms with E-state index in [9.17, 15) is 20.3 Å². The number of non-ortho nitro benzene ring substituents is 1. The third-order valence-corrected chi connectivity index (χ3v) is 3.15. The number of phenolic OH excluding ortho intramolecular Hbond substituents is 1. The van der Waals surface area contributed by atoms with Gasteiger partial charge in [-0.2, -0.15) is 0 Å². The van der Waals surface area contributed by atoms with Gasteiger partial charge >= 0.3 is 0 Å². The molecule has 2 atom stereocenters. The summed E-state index contributed by atoms with van der Waals surface area (Å²) in [4.78, 5) is 10.3. The molecule has 0 bridgehead atoms. The van der Waals surface area contributed by atoms with E-state index in [0.717, 1.165) is 25.0 Å². The van der Waals surface area contributed by atoms with Gasteiger partial charge in [0.05, 0.1) is 30.2 Å². The molecule has 0 radical (unpaired) electrons. The van der Waals surface area contributed by atoms with Crippen molar-refractivity contribution in [3.05, 3.63) is 27.8 Å². The molecule has 0 fully saturated rings.